The van der Waals surface area contributed by atoms with Crippen molar-refractivity contribution in [1.29, 1.82) is 0 Å². The SMILES string of the molecule is Cc1ccccc1C1N(C)C(=O)CC(c2cccc(Cl)c2)C12C(=O)N(C(=O)O)c1cc(Cl)ccc12. The van der Waals surface area contributed by atoms with Crippen molar-refractivity contribution in [3.05, 3.63) is 99.0 Å². The van der Waals surface area contributed by atoms with Crippen LogP contribution in [0.15, 0.2) is 66.7 Å². The van der Waals surface area contributed by atoms with Gasteiger partial charge in [0.25, 0.3) is 0 Å². The number of carbonyl (C=O) groups excluding carboxylic acids is 2. The number of benzene rings is 3. The monoisotopic (exact) mass is 508 g/mol. The van der Waals surface area contributed by atoms with E-state index in [0.717, 1.165) is 16.0 Å². The van der Waals surface area contributed by atoms with Crippen molar-refractivity contribution in [3.63, 3.8) is 0 Å². The van der Waals surface area contributed by atoms with Crippen molar-refractivity contribution in [2.24, 2.45) is 0 Å². The zero-order chi connectivity index (χ0) is 25.1. The molecule has 8 heteroatoms. The third-order valence-corrected chi connectivity index (χ3v) is 7.74. The molecule has 2 aliphatic rings. The fourth-order valence-electron chi connectivity index (χ4n) is 5.81. The molecule has 3 atom stereocenters. The fourth-order valence-corrected chi connectivity index (χ4v) is 6.18. The average Bonchev–Trinajstić information content (AvgIpc) is 3.05. The molecule has 1 N–H and O–H groups in total. The topological polar surface area (TPSA) is 77.9 Å². The largest absolute Gasteiger partial charge is 0.464 e. The van der Waals surface area contributed by atoms with Gasteiger partial charge in [0.15, 0.2) is 0 Å². The Morgan fingerprint density at radius 1 is 1.00 bits per heavy atom. The Labute approximate surface area is 212 Å². The van der Waals surface area contributed by atoms with Gasteiger partial charge in [-0.3, -0.25) is 9.59 Å². The summed E-state index contributed by atoms with van der Waals surface area (Å²) in [6.07, 6.45) is -1.39. The van der Waals surface area contributed by atoms with Crippen molar-refractivity contribution >= 4 is 46.8 Å². The lowest BCUT2D eigenvalue weighted by atomic mass is 9.58. The molecule has 178 valence electrons. The molecule has 0 aliphatic carbocycles. The van der Waals surface area contributed by atoms with Crippen LogP contribution in [0.1, 0.15) is 40.6 Å². The maximum Gasteiger partial charge on any atom is 0.418 e. The van der Waals surface area contributed by atoms with Crippen LogP contribution in [0.2, 0.25) is 10.0 Å². The number of likely N-dealkylation sites (N-methyl/N-ethyl adjacent to an activating group) is 1. The van der Waals surface area contributed by atoms with Gasteiger partial charge < -0.3 is 10.0 Å². The highest BCUT2D eigenvalue weighted by atomic mass is 35.5. The lowest BCUT2D eigenvalue weighted by Crippen LogP contribution is -2.59. The number of anilines is 1. The van der Waals surface area contributed by atoms with Gasteiger partial charge in [0.1, 0.15) is 5.41 Å². The number of aryl methyl sites for hydroxylation is 1. The first-order chi connectivity index (χ1) is 16.7. The number of hydrogen-bond donors (Lipinski definition) is 1. The summed E-state index contributed by atoms with van der Waals surface area (Å²) in [6.45, 7) is 1.92. The van der Waals surface area contributed by atoms with E-state index in [2.05, 4.69) is 0 Å². The van der Waals surface area contributed by atoms with Crippen molar-refractivity contribution in [2.75, 3.05) is 11.9 Å². The molecule has 6 nitrogen and oxygen atoms in total. The Morgan fingerprint density at radius 3 is 2.40 bits per heavy atom. The highest BCUT2D eigenvalue weighted by Gasteiger charge is 2.66. The number of amides is 3. The third kappa shape index (κ3) is 3.35. The molecule has 0 aromatic heterocycles. The van der Waals surface area contributed by atoms with Gasteiger partial charge in [0.05, 0.1) is 11.7 Å². The molecule has 2 heterocycles. The van der Waals surface area contributed by atoms with E-state index in [-0.39, 0.29) is 18.0 Å². The molecular formula is C27H22Cl2N2O4. The minimum atomic E-state index is -1.42. The number of imide groups is 1. The minimum absolute atomic E-state index is 0.0144. The molecule has 3 unspecified atom stereocenters. The number of hydrogen-bond acceptors (Lipinski definition) is 3. The van der Waals surface area contributed by atoms with Gasteiger partial charge >= 0.3 is 6.09 Å². The van der Waals surface area contributed by atoms with E-state index in [1.54, 1.807) is 42.3 Å². The zero-order valence-corrected chi connectivity index (χ0v) is 20.5. The molecule has 3 amide bonds. The van der Waals surface area contributed by atoms with Crippen LogP contribution < -0.4 is 4.90 Å². The smallest absolute Gasteiger partial charge is 0.418 e. The second-order valence-corrected chi connectivity index (χ2v) is 9.90. The van der Waals surface area contributed by atoms with Gasteiger partial charge in [-0.15, -0.1) is 0 Å². The molecular weight excluding hydrogens is 487 g/mol. The number of rotatable bonds is 2. The Bertz CT molecular complexity index is 1390. The maximum absolute atomic E-state index is 14.4. The first-order valence-corrected chi connectivity index (χ1v) is 11.9. The number of carboxylic acid groups (broad SMARTS) is 1. The first kappa shape index (κ1) is 23.4. The summed E-state index contributed by atoms with van der Waals surface area (Å²) in [4.78, 5) is 42.6. The van der Waals surface area contributed by atoms with E-state index in [1.165, 1.54) is 6.07 Å². The molecule has 3 aromatic rings. The number of likely N-dealkylation sites (tertiary alicyclic amines) is 1. The number of fused-ring (bicyclic) bond motifs is 2. The molecule has 0 bridgehead atoms. The second-order valence-electron chi connectivity index (χ2n) is 9.03. The van der Waals surface area contributed by atoms with Gasteiger partial charge in [0.2, 0.25) is 11.8 Å². The molecule has 35 heavy (non-hydrogen) atoms. The summed E-state index contributed by atoms with van der Waals surface area (Å²) < 4.78 is 0. The van der Waals surface area contributed by atoms with Crippen LogP contribution in [0.25, 0.3) is 0 Å². The Hall–Kier alpha value is -3.35. The van der Waals surface area contributed by atoms with Crippen LogP contribution in [-0.4, -0.2) is 35.0 Å². The summed E-state index contributed by atoms with van der Waals surface area (Å²) in [5, 5.41) is 10.9. The van der Waals surface area contributed by atoms with Crippen molar-refractivity contribution in [2.45, 2.75) is 30.7 Å². The van der Waals surface area contributed by atoms with Gasteiger partial charge in [-0.2, -0.15) is 0 Å². The molecule has 2 aliphatic heterocycles. The molecule has 0 saturated carbocycles. The summed E-state index contributed by atoms with van der Waals surface area (Å²) in [6, 6.07) is 18.7. The summed E-state index contributed by atoms with van der Waals surface area (Å²) >= 11 is 12.6. The summed E-state index contributed by atoms with van der Waals surface area (Å²) in [7, 11) is 1.67. The third-order valence-electron chi connectivity index (χ3n) is 7.27. The normalized spacial score (nSPS) is 23.7. The molecule has 5 rings (SSSR count). The van der Waals surface area contributed by atoms with Crippen LogP contribution in [0.4, 0.5) is 10.5 Å². The first-order valence-electron chi connectivity index (χ1n) is 11.1. The van der Waals surface area contributed by atoms with E-state index >= 15 is 0 Å². The highest BCUT2D eigenvalue weighted by molar-refractivity contribution is 6.32. The van der Waals surface area contributed by atoms with E-state index in [1.807, 2.05) is 37.3 Å². The number of halogens is 2. The number of nitrogens with zero attached hydrogens (tertiary/aromatic N) is 2. The Morgan fingerprint density at radius 2 is 1.71 bits per heavy atom. The van der Waals surface area contributed by atoms with Gasteiger partial charge in [-0.25, -0.2) is 9.69 Å². The van der Waals surface area contributed by atoms with E-state index in [9.17, 15) is 19.5 Å². The van der Waals surface area contributed by atoms with Crippen LogP contribution in [0.5, 0.6) is 0 Å². The van der Waals surface area contributed by atoms with Crippen molar-refractivity contribution < 1.29 is 19.5 Å². The molecule has 1 saturated heterocycles. The lowest BCUT2D eigenvalue weighted by molar-refractivity contribution is -0.144. The molecule has 3 aromatic carbocycles. The molecule has 1 fully saturated rings. The molecule has 0 radical (unpaired) electrons. The van der Waals surface area contributed by atoms with Crippen LogP contribution in [0.3, 0.4) is 0 Å². The van der Waals surface area contributed by atoms with E-state index in [0.29, 0.717) is 21.2 Å². The standard InChI is InChI=1S/C27H22Cl2N2O4/c1-15-6-3-4-9-19(15)24-27(20-11-10-18(29)13-22(20)31(25(27)33)26(34)35)21(14-23(32)30(24)2)16-7-5-8-17(28)12-16/h3-13,21,24H,14H2,1-2H3,(H,34,35). The van der Waals surface area contributed by atoms with E-state index < -0.39 is 29.4 Å². The maximum atomic E-state index is 14.4. The zero-order valence-electron chi connectivity index (χ0n) is 19.0. The Kier molecular flexibility index (Phi) is 5.61. The predicted octanol–water partition coefficient (Wildman–Crippen LogP) is 5.95. The Balaban J connectivity index is 1.91. The second kappa shape index (κ2) is 8.40. The summed E-state index contributed by atoms with van der Waals surface area (Å²) in [5.41, 5.74) is 1.67. The van der Waals surface area contributed by atoms with Gasteiger partial charge in [-0.1, -0.05) is 65.7 Å². The number of carbonyl (C=O) groups is 3. The van der Waals surface area contributed by atoms with Crippen LogP contribution >= 0.6 is 23.2 Å². The predicted molar refractivity (Wildman–Crippen MR) is 134 cm³/mol. The average molecular weight is 509 g/mol. The van der Waals surface area contributed by atoms with Crippen molar-refractivity contribution in [1.82, 2.24) is 4.90 Å². The van der Waals surface area contributed by atoms with Gasteiger partial charge in [0, 0.05) is 29.4 Å². The highest BCUT2D eigenvalue weighted by Crippen LogP contribution is 2.61. The van der Waals surface area contributed by atoms with Crippen LogP contribution in [0, 0.1) is 6.92 Å². The quantitative estimate of drug-likeness (QED) is 0.463. The van der Waals surface area contributed by atoms with Crippen molar-refractivity contribution in [3.8, 4) is 0 Å². The lowest BCUT2D eigenvalue weighted by Gasteiger charge is -2.51. The molecule has 1 spiro atoms. The van der Waals surface area contributed by atoms with E-state index in [4.69, 9.17) is 23.2 Å². The summed E-state index contributed by atoms with van der Waals surface area (Å²) in [5.74, 6) is -1.42. The minimum Gasteiger partial charge on any atom is -0.464 e. The van der Waals surface area contributed by atoms with Crippen LogP contribution in [-0.2, 0) is 15.0 Å². The number of piperidine rings is 1. The van der Waals surface area contributed by atoms with Gasteiger partial charge in [-0.05, 0) is 53.4 Å². The fraction of sp³-hybridized carbons (Fsp3) is 0.222.